The van der Waals surface area contributed by atoms with E-state index in [0.29, 0.717) is 0 Å². The van der Waals surface area contributed by atoms with Crippen LogP contribution >= 0.6 is 24.8 Å². The molecule has 4 nitrogen and oxygen atoms in total. The smallest absolute Gasteiger partial charge is 0.310 e. The number of amides is 2. The van der Waals surface area contributed by atoms with Gasteiger partial charge in [0, 0.05) is 0 Å². The van der Waals surface area contributed by atoms with Crippen LogP contribution in [0.2, 0.25) is 0 Å². The number of hydrogen-bond acceptors (Lipinski definition) is 2. The molecule has 0 spiro atoms. The lowest BCUT2D eigenvalue weighted by Crippen LogP contribution is -2.00. The summed E-state index contributed by atoms with van der Waals surface area (Å²) in [5.41, 5.74) is -1.57. The van der Waals surface area contributed by atoms with E-state index in [1.807, 2.05) is 0 Å². The molecule has 0 aromatic heterocycles. The Kier molecular flexibility index (Phi) is 11.3. The Morgan fingerprint density at radius 2 is 0.885 bits per heavy atom. The number of carbonyl (C=O) groups is 2. The zero-order valence-electron chi connectivity index (χ0n) is 12.5. The second-order valence-electron chi connectivity index (χ2n) is 4.03. The Balaban J connectivity index is 0. The first-order valence-electron chi connectivity index (χ1n) is 6.05. The summed E-state index contributed by atoms with van der Waals surface area (Å²) in [7, 11) is 0. The van der Waals surface area contributed by atoms with Crippen molar-refractivity contribution >= 4 is 36.6 Å². The third kappa shape index (κ3) is 6.17. The monoisotopic (exact) mass is 406 g/mol. The number of rotatable bonds is 2. The normalized spacial score (nSPS) is 8.38. The first kappa shape index (κ1) is 25.3. The van der Waals surface area contributed by atoms with Crippen LogP contribution in [0.15, 0.2) is 36.4 Å². The van der Waals surface area contributed by atoms with Gasteiger partial charge in [0.25, 0.3) is 0 Å². The van der Waals surface area contributed by atoms with E-state index in [0.717, 1.165) is 36.4 Å². The van der Waals surface area contributed by atoms with Gasteiger partial charge in [-0.15, -0.1) is 24.8 Å². The van der Waals surface area contributed by atoms with Crippen molar-refractivity contribution in [2.75, 3.05) is 0 Å². The molecule has 0 aliphatic rings. The van der Waals surface area contributed by atoms with Crippen molar-refractivity contribution in [1.29, 1.82) is 0 Å². The SMILES string of the molecule is Cl.Cl.[C-]#[N+]C(=O)c1c(F)cccc1F.[C-]#[N+]C(=O)c1c(F)cccc1F. The fraction of sp³-hybridized carbons (Fsp3) is 0. The molecule has 0 N–H and O–H groups in total. The maximum atomic E-state index is 12.7. The third-order valence-electron chi connectivity index (χ3n) is 2.56. The van der Waals surface area contributed by atoms with Crippen molar-refractivity contribution in [2.45, 2.75) is 0 Å². The standard InChI is InChI=1S/2C8H3F2NO.2ClH/c2*1-11-8(12)7-5(9)3-2-4-6(7)10;;/h2*2-4H;2*1H. The summed E-state index contributed by atoms with van der Waals surface area (Å²) in [6.07, 6.45) is 0. The Morgan fingerprint density at radius 1 is 0.654 bits per heavy atom. The predicted octanol–water partition coefficient (Wildman–Crippen LogP) is 4.89. The second-order valence-corrected chi connectivity index (χ2v) is 4.03. The molecule has 26 heavy (non-hydrogen) atoms. The maximum absolute atomic E-state index is 12.7. The average Bonchev–Trinajstić information content (AvgIpc) is 2.54. The summed E-state index contributed by atoms with van der Waals surface area (Å²) >= 11 is 0. The van der Waals surface area contributed by atoms with Crippen molar-refractivity contribution in [3.63, 3.8) is 0 Å². The fourth-order valence-corrected chi connectivity index (χ4v) is 1.52. The van der Waals surface area contributed by atoms with Crippen LogP contribution in [0.1, 0.15) is 20.7 Å². The first-order valence-corrected chi connectivity index (χ1v) is 6.05. The molecule has 136 valence electrons. The van der Waals surface area contributed by atoms with Crippen LogP contribution in [0.3, 0.4) is 0 Å². The van der Waals surface area contributed by atoms with Gasteiger partial charge in [-0.05, 0) is 24.3 Å². The molecule has 0 unspecified atom stereocenters. The van der Waals surface area contributed by atoms with Crippen molar-refractivity contribution in [2.24, 2.45) is 0 Å². The molecule has 2 rings (SSSR count). The Labute approximate surface area is 157 Å². The maximum Gasteiger partial charge on any atom is 0.391 e. The quantitative estimate of drug-likeness (QED) is 0.526. The van der Waals surface area contributed by atoms with Crippen molar-refractivity contribution in [3.05, 3.63) is 93.6 Å². The molecule has 10 heteroatoms. The highest BCUT2D eigenvalue weighted by atomic mass is 35.5. The number of carbonyl (C=O) groups excluding carboxylic acids is 2. The zero-order chi connectivity index (χ0) is 18.3. The van der Waals surface area contributed by atoms with Crippen LogP contribution in [-0.4, -0.2) is 11.8 Å². The number of benzene rings is 2. The second kappa shape index (κ2) is 11.6. The van der Waals surface area contributed by atoms with E-state index in [1.54, 1.807) is 0 Å². The molecule has 0 aliphatic heterocycles. The van der Waals surface area contributed by atoms with Crippen molar-refractivity contribution in [3.8, 4) is 0 Å². The van der Waals surface area contributed by atoms with Crippen molar-refractivity contribution < 1.29 is 27.2 Å². The lowest BCUT2D eigenvalue weighted by atomic mass is 10.2. The van der Waals surface area contributed by atoms with E-state index in [2.05, 4.69) is 9.69 Å². The lowest BCUT2D eigenvalue weighted by molar-refractivity contribution is 0.102. The highest BCUT2D eigenvalue weighted by Gasteiger charge is 2.16. The molecule has 0 bridgehead atoms. The third-order valence-corrected chi connectivity index (χ3v) is 2.56. The minimum Gasteiger partial charge on any atom is -0.310 e. The van der Waals surface area contributed by atoms with Crippen LogP contribution in [0, 0.1) is 36.4 Å². The van der Waals surface area contributed by atoms with Gasteiger partial charge < -0.3 is 9.59 Å². The number of halogens is 6. The van der Waals surface area contributed by atoms with E-state index in [-0.39, 0.29) is 24.8 Å². The highest BCUT2D eigenvalue weighted by molar-refractivity contribution is 6.02. The summed E-state index contributed by atoms with van der Waals surface area (Å²) in [5.74, 6) is -6.45. The number of nitrogens with zero attached hydrogens (tertiary/aromatic N) is 2. The molecule has 0 atom stereocenters. The van der Waals surface area contributed by atoms with Crippen LogP contribution in [0.4, 0.5) is 17.6 Å². The summed E-state index contributed by atoms with van der Waals surface area (Å²) in [6, 6.07) is 5.99. The molecular formula is C16H8Cl2F4N2O2. The molecule has 0 saturated carbocycles. The molecule has 0 heterocycles. The van der Waals surface area contributed by atoms with Gasteiger partial charge >= 0.3 is 11.8 Å². The van der Waals surface area contributed by atoms with Crippen LogP contribution < -0.4 is 0 Å². The van der Waals surface area contributed by atoms with E-state index >= 15 is 0 Å². The molecule has 0 fully saturated rings. The minimum absolute atomic E-state index is 0. The van der Waals surface area contributed by atoms with E-state index in [9.17, 15) is 27.2 Å². The number of hydrogen-bond donors (Lipinski definition) is 0. The molecule has 0 saturated heterocycles. The van der Waals surface area contributed by atoms with Crippen molar-refractivity contribution in [1.82, 2.24) is 0 Å². The molecule has 0 radical (unpaired) electrons. The summed E-state index contributed by atoms with van der Waals surface area (Å²) in [5, 5.41) is 0. The Bertz CT molecular complexity index is 779. The van der Waals surface area contributed by atoms with Gasteiger partial charge in [-0.1, -0.05) is 12.1 Å². The minimum atomic E-state index is -1.22. The highest BCUT2D eigenvalue weighted by Crippen LogP contribution is 2.13. The van der Waals surface area contributed by atoms with Gasteiger partial charge in [0.1, 0.15) is 23.3 Å². The summed E-state index contributed by atoms with van der Waals surface area (Å²) < 4.78 is 50.7. The van der Waals surface area contributed by atoms with Gasteiger partial charge in [-0.3, -0.25) is 0 Å². The molecule has 0 aliphatic carbocycles. The van der Waals surface area contributed by atoms with Crippen LogP contribution in [0.25, 0.3) is 9.69 Å². The van der Waals surface area contributed by atoms with Gasteiger partial charge in [0.05, 0.1) is 24.3 Å². The van der Waals surface area contributed by atoms with Gasteiger partial charge in [0.15, 0.2) is 0 Å². The van der Waals surface area contributed by atoms with Gasteiger partial charge in [0.2, 0.25) is 0 Å². The van der Waals surface area contributed by atoms with E-state index in [1.165, 1.54) is 0 Å². The molecule has 2 aromatic rings. The zero-order valence-corrected chi connectivity index (χ0v) is 14.1. The lowest BCUT2D eigenvalue weighted by Gasteiger charge is -1.96. The van der Waals surface area contributed by atoms with Gasteiger partial charge in [-0.2, -0.15) is 9.69 Å². The van der Waals surface area contributed by atoms with E-state index in [4.69, 9.17) is 13.1 Å². The van der Waals surface area contributed by atoms with Gasteiger partial charge in [-0.25, -0.2) is 17.6 Å². The summed E-state index contributed by atoms with van der Waals surface area (Å²) in [4.78, 5) is 26.1. The average molecular weight is 407 g/mol. The molecule has 2 amide bonds. The van der Waals surface area contributed by atoms with E-state index < -0.39 is 46.2 Å². The predicted molar refractivity (Wildman–Crippen MR) is 89.1 cm³/mol. The first-order chi connectivity index (χ1) is 11.3. The van der Waals surface area contributed by atoms with Crippen LogP contribution in [-0.2, 0) is 0 Å². The Morgan fingerprint density at radius 3 is 1.08 bits per heavy atom. The fourth-order valence-electron chi connectivity index (χ4n) is 1.52. The molecular weight excluding hydrogens is 399 g/mol. The molecule has 2 aromatic carbocycles. The van der Waals surface area contributed by atoms with Crippen LogP contribution in [0.5, 0.6) is 0 Å². The topological polar surface area (TPSA) is 42.9 Å². The Hall–Kier alpha value is -2.94. The largest absolute Gasteiger partial charge is 0.391 e. The summed E-state index contributed by atoms with van der Waals surface area (Å²) in [6.45, 7) is 12.6.